The Hall–Kier alpha value is -0.670. The summed E-state index contributed by atoms with van der Waals surface area (Å²) in [5.41, 5.74) is 1.18. The van der Waals surface area contributed by atoms with Crippen LogP contribution in [0.5, 0.6) is 0 Å². The van der Waals surface area contributed by atoms with E-state index in [1.807, 2.05) is 18.3 Å². The van der Waals surface area contributed by atoms with Crippen molar-refractivity contribution in [1.29, 1.82) is 0 Å². The lowest BCUT2D eigenvalue weighted by Gasteiger charge is -2.10. The number of thiazole rings is 1. The molecule has 0 amide bonds. The van der Waals surface area contributed by atoms with E-state index in [9.17, 15) is 0 Å². The fourth-order valence-corrected chi connectivity index (χ4v) is 2.74. The number of nitrogens with zero attached hydrogens (tertiary/aromatic N) is 2. The summed E-state index contributed by atoms with van der Waals surface area (Å²) in [4.78, 5) is 10.2. The molecule has 22 heavy (non-hydrogen) atoms. The van der Waals surface area contributed by atoms with Crippen LogP contribution in [0.1, 0.15) is 22.4 Å². The molecule has 0 aliphatic carbocycles. The fourth-order valence-electron chi connectivity index (χ4n) is 1.74. The van der Waals surface area contributed by atoms with Crippen LogP contribution >= 0.6 is 51.2 Å². The second-order valence-corrected chi connectivity index (χ2v) is 6.77. The molecular weight excluding hydrogens is 475 g/mol. The summed E-state index contributed by atoms with van der Waals surface area (Å²) in [5.74, 6) is 0.813. The third kappa shape index (κ3) is 6.62. The maximum Gasteiger partial charge on any atom is 0.191 e. The molecule has 0 atom stereocenters. The van der Waals surface area contributed by atoms with Crippen molar-refractivity contribution in [3.8, 4) is 0 Å². The minimum absolute atomic E-state index is 0. The van der Waals surface area contributed by atoms with Crippen molar-refractivity contribution in [2.24, 2.45) is 4.99 Å². The predicted octanol–water partition coefficient (Wildman–Crippen LogP) is 4.09. The van der Waals surface area contributed by atoms with Gasteiger partial charge in [-0.05, 0) is 31.5 Å². The zero-order valence-electron chi connectivity index (χ0n) is 12.6. The smallest absolute Gasteiger partial charge is 0.191 e. The van der Waals surface area contributed by atoms with E-state index in [-0.39, 0.29) is 24.0 Å². The minimum atomic E-state index is 0. The third-order valence-electron chi connectivity index (χ3n) is 2.75. The van der Waals surface area contributed by atoms with Crippen molar-refractivity contribution in [2.75, 3.05) is 6.54 Å². The number of aliphatic imine (C=N–C) groups is 1. The molecule has 0 unspecified atom stereocenters. The molecule has 0 spiro atoms. The van der Waals surface area contributed by atoms with Gasteiger partial charge in [0.15, 0.2) is 5.96 Å². The van der Waals surface area contributed by atoms with Crippen LogP contribution in [0.3, 0.4) is 0 Å². The third-order valence-corrected chi connectivity index (χ3v) is 4.19. The summed E-state index contributed by atoms with van der Waals surface area (Å²) in [6.45, 7) is 6.31. The van der Waals surface area contributed by atoms with Crippen LogP contribution in [0, 0.1) is 6.92 Å². The molecule has 0 bridgehead atoms. The number of aromatic nitrogens is 1. The van der Waals surface area contributed by atoms with Gasteiger partial charge in [0, 0.05) is 22.1 Å². The molecule has 0 aliphatic heterocycles. The molecule has 2 N–H and O–H groups in total. The Morgan fingerprint density at radius 2 is 2.00 bits per heavy atom. The first-order valence-electron chi connectivity index (χ1n) is 6.85. The molecule has 1 heterocycles. The van der Waals surface area contributed by atoms with Crippen molar-refractivity contribution in [2.45, 2.75) is 26.9 Å². The minimum Gasteiger partial charge on any atom is -0.357 e. The van der Waals surface area contributed by atoms with Gasteiger partial charge in [-0.1, -0.05) is 28.1 Å². The summed E-state index contributed by atoms with van der Waals surface area (Å²) in [6.07, 6.45) is 1.90. The van der Waals surface area contributed by atoms with Gasteiger partial charge in [0.1, 0.15) is 5.01 Å². The maximum absolute atomic E-state index is 4.59. The molecule has 0 saturated carbocycles. The van der Waals surface area contributed by atoms with Crippen LogP contribution in [0.2, 0.25) is 0 Å². The topological polar surface area (TPSA) is 49.3 Å². The van der Waals surface area contributed by atoms with Crippen LogP contribution in [-0.4, -0.2) is 17.5 Å². The Kier molecular flexibility index (Phi) is 8.96. The molecule has 4 nitrogen and oxygen atoms in total. The van der Waals surface area contributed by atoms with Crippen LogP contribution in [-0.2, 0) is 13.1 Å². The second-order valence-electron chi connectivity index (χ2n) is 4.54. The normalized spacial score (nSPS) is 11.0. The lowest BCUT2D eigenvalue weighted by atomic mass is 10.2. The predicted molar refractivity (Wildman–Crippen MR) is 108 cm³/mol. The van der Waals surface area contributed by atoms with Crippen LogP contribution < -0.4 is 10.6 Å². The van der Waals surface area contributed by atoms with Crippen molar-refractivity contribution >= 4 is 57.2 Å². The fraction of sp³-hybridized carbons (Fsp3) is 0.333. The van der Waals surface area contributed by atoms with Crippen LogP contribution in [0.25, 0.3) is 0 Å². The Bertz CT molecular complexity index is 598. The van der Waals surface area contributed by atoms with E-state index in [1.165, 1.54) is 10.4 Å². The number of halogens is 2. The van der Waals surface area contributed by atoms with Crippen molar-refractivity contribution in [1.82, 2.24) is 15.6 Å². The first kappa shape index (κ1) is 19.4. The van der Waals surface area contributed by atoms with Gasteiger partial charge in [0.25, 0.3) is 0 Å². The molecule has 2 rings (SSSR count). The highest BCUT2D eigenvalue weighted by Gasteiger charge is 2.01. The van der Waals surface area contributed by atoms with Gasteiger partial charge < -0.3 is 10.6 Å². The quantitative estimate of drug-likeness (QED) is 0.374. The van der Waals surface area contributed by atoms with Gasteiger partial charge in [-0.2, -0.15) is 0 Å². The lowest BCUT2D eigenvalue weighted by Crippen LogP contribution is -2.36. The van der Waals surface area contributed by atoms with E-state index >= 15 is 0 Å². The summed E-state index contributed by atoms with van der Waals surface area (Å²) in [5, 5.41) is 7.63. The highest BCUT2D eigenvalue weighted by Crippen LogP contribution is 2.12. The molecule has 0 saturated heterocycles. The average molecular weight is 495 g/mol. The van der Waals surface area contributed by atoms with Gasteiger partial charge in [-0.15, -0.1) is 35.3 Å². The highest BCUT2D eigenvalue weighted by atomic mass is 127. The summed E-state index contributed by atoms with van der Waals surface area (Å²) in [7, 11) is 0. The number of rotatable bonds is 5. The Labute approximate surface area is 161 Å². The molecular formula is C15H20BrIN4S. The molecule has 2 aromatic rings. The van der Waals surface area contributed by atoms with E-state index in [0.717, 1.165) is 22.0 Å². The molecule has 7 heteroatoms. The Morgan fingerprint density at radius 1 is 1.27 bits per heavy atom. The monoisotopic (exact) mass is 494 g/mol. The Morgan fingerprint density at radius 3 is 2.59 bits per heavy atom. The molecule has 120 valence electrons. The van der Waals surface area contributed by atoms with E-state index in [2.05, 4.69) is 62.5 Å². The van der Waals surface area contributed by atoms with E-state index in [4.69, 9.17) is 0 Å². The zero-order valence-corrected chi connectivity index (χ0v) is 17.3. The van der Waals surface area contributed by atoms with Gasteiger partial charge >= 0.3 is 0 Å². The Balaban J connectivity index is 0.00000242. The van der Waals surface area contributed by atoms with Gasteiger partial charge in [0.05, 0.1) is 13.1 Å². The average Bonchev–Trinajstić information content (AvgIpc) is 2.89. The van der Waals surface area contributed by atoms with Crippen LogP contribution in [0.15, 0.2) is 39.9 Å². The summed E-state index contributed by atoms with van der Waals surface area (Å²) >= 11 is 5.14. The first-order chi connectivity index (χ1) is 10.2. The summed E-state index contributed by atoms with van der Waals surface area (Å²) < 4.78 is 1.08. The van der Waals surface area contributed by atoms with Gasteiger partial charge in [0.2, 0.25) is 0 Å². The lowest BCUT2D eigenvalue weighted by molar-refractivity contribution is 0.811. The highest BCUT2D eigenvalue weighted by molar-refractivity contribution is 14.0. The number of nitrogens with one attached hydrogen (secondary N) is 2. The second kappa shape index (κ2) is 10.2. The molecule has 1 aromatic carbocycles. The van der Waals surface area contributed by atoms with E-state index in [1.54, 1.807) is 11.3 Å². The van der Waals surface area contributed by atoms with E-state index in [0.29, 0.717) is 13.1 Å². The van der Waals surface area contributed by atoms with Crippen molar-refractivity contribution < 1.29 is 0 Å². The number of benzene rings is 1. The number of guanidine groups is 1. The van der Waals surface area contributed by atoms with Crippen molar-refractivity contribution in [3.05, 3.63) is 50.4 Å². The zero-order chi connectivity index (χ0) is 15.1. The maximum atomic E-state index is 4.59. The number of aryl methyl sites for hydroxylation is 1. The first-order valence-corrected chi connectivity index (χ1v) is 8.46. The van der Waals surface area contributed by atoms with Gasteiger partial charge in [-0.25, -0.2) is 9.98 Å². The van der Waals surface area contributed by atoms with Gasteiger partial charge in [-0.3, -0.25) is 0 Å². The number of hydrogen-bond acceptors (Lipinski definition) is 3. The SMILES string of the molecule is CCNC(=NCc1ccc(Br)cc1)NCc1ncc(C)s1.I. The molecule has 0 radical (unpaired) electrons. The van der Waals surface area contributed by atoms with Crippen molar-refractivity contribution in [3.63, 3.8) is 0 Å². The molecule has 0 aliphatic rings. The molecule has 1 aromatic heterocycles. The summed E-state index contributed by atoms with van der Waals surface area (Å²) in [6, 6.07) is 8.20. The largest absolute Gasteiger partial charge is 0.357 e. The molecule has 0 fully saturated rings. The van der Waals surface area contributed by atoms with Crippen LogP contribution in [0.4, 0.5) is 0 Å². The van der Waals surface area contributed by atoms with E-state index < -0.39 is 0 Å². The number of hydrogen-bond donors (Lipinski definition) is 2. The standard InChI is InChI=1S/C15H19BrN4S.HI/c1-3-17-15(20-10-14-18-8-11(2)21-14)19-9-12-4-6-13(16)7-5-12;/h4-8H,3,9-10H2,1-2H3,(H2,17,19,20);1H.